The number of rotatable bonds is 8. The summed E-state index contributed by atoms with van der Waals surface area (Å²) in [5, 5.41) is 0. The molecule has 1 aromatic heterocycles. The van der Waals surface area contributed by atoms with Gasteiger partial charge in [-0.1, -0.05) is 6.07 Å². The van der Waals surface area contributed by atoms with E-state index in [1.54, 1.807) is 24.4 Å². The lowest BCUT2D eigenvalue weighted by atomic mass is 10.2. The molecule has 0 atom stereocenters. The van der Waals surface area contributed by atoms with Crippen molar-refractivity contribution in [2.24, 2.45) is 0 Å². The van der Waals surface area contributed by atoms with Crippen molar-refractivity contribution in [1.82, 2.24) is 9.88 Å². The van der Waals surface area contributed by atoms with Crippen LogP contribution in [0.1, 0.15) is 16.1 Å². The molecule has 2 aromatic rings. The van der Waals surface area contributed by atoms with Gasteiger partial charge in [0, 0.05) is 31.9 Å². The van der Waals surface area contributed by atoms with Crippen LogP contribution in [0, 0.1) is 0 Å². The van der Waals surface area contributed by atoms with Gasteiger partial charge >= 0.3 is 0 Å². The second kappa shape index (κ2) is 9.15. The summed E-state index contributed by atoms with van der Waals surface area (Å²) in [6.45, 7) is 5.04. The number of pyridine rings is 1. The van der Waals surface area contributed by atoms with E-state index >= 15 is 0 Å². The zero-order valence-corrected chi connectivity index (χ0v) is 14.1. The number of aromatic nitrogens is 1. The molecule has 25 heavy (non-hydrogen) atoms. The number of nitrogens with zero attached hydrogens (tertiary/aromatic N) is 2. The monoisotopic (exact) mass is 342 g/mol. The molecule has 2 heterocycles. The van der Waals surface area contributed by atoms with Crippen molar-refractivity contribution in [3.8, 4) is 11.5 Å². The highest BCUT2D eigenvalue weighted by molar-refractivity contribution is 5.79. The van der Waals surface area contributed by atoms with Gasteiger partial charge in [-0.25, -0.2) is 0 Å². The Balaban J connectivity index is 1.56. The predicted molar refractivity (Wildman–Crippen MR) is 93.2 cm³/mol. The summed E-state index contributed by atoms with van der Waals surface area (Å²) in [5.41, 5.74) is 1.36. The van der Waals surface area contributed by atoms with Crippen molar-refractivity contribution in [3.05, 3.63) is 53.9 Å². The Bertz CT molecular complexity index is 672. The molecule has 0 spiro atoms. The van der Waals surface area contributed by atoms with Crippen LogP contribution in [0.5, 0.6) is 11.5 Å². The minimum absolute atomic E-state index is 0.370. The van der Waals surface area contributed by atoms with Gasteiger partial charge in [-0.05, 0) is 24.3 Å². The molecule has 1 saturated heterocycles. The first-order valence-electron chi connectivity index (χ1n) is 8.40. The second-order valence-corrected chi connectivity index (χ2v) is 5.73. The fourth-order valence-electron chi connectivity index (χ4n) is 2.58. The standard InChI is InChI=1S/C19H22N2O4/c22-14-16-4-5-18(25-15-17-3-1-2-6-20-17)13-19(16)24-12-9-21-7-10-23-11-8-21/h1-6,13-14H,7-12,15H2. The summed E-state index contributed by atoms with van der Waals surface area (Å²) < 4.78 is 16.9. The maximum absolute atomic E-state index is 11.2. The smallest absolute Gasteiger partial charge is 0.153 e. The number of benzene rings is 1. The van der Waals surface area contributed by atoms with Gasteiger partial charge in [-0.3, -0.25) is 14.7 Å². The Morgan fingerprint density at radius 3 is 2.80 bits per heavy atom. The summed E-state index contributed by atoms with van der Waals surface area (Å²) in [4.78, 5) is 17.7. The molecule has 1 aromatic carbocycles. The molecule has 1 aliphatic rings. The molecule has 0 N–H and O–H groups in total. The van der Waals surface area contributed by atoms with Gasteiger partial charge in [0.15, 0.2) is 6.29 Å². The van der Waals surface area contributed by atoms with E-state index in [0.717, 1.165) is 44.8 Å². The van der Waals surface area contributed by atoms with Gasteiger partial charge < -0.3 is 14.2 Å². The predicted octanol–water partition coefficient (Wildman–Crippen LogP) is 2.18. The maximum Gasteiger partial charge on any atom is 0.153 e. The van der Waals surface area contributed by atoms with Crippen LogP contribution < -0.4 is 9.47 Å². The number of hydrogen-bond donors (Lipinski definition) is 0. The lowest BCUT2D eigenvalue weighted by molar-refractivity contribution is 0.0322. The number of aldehydes is 1. The molecular formula is C19H22N2O4. The van der Waals surface area contributed by atoms with Crippen LogP contribution in [0.4, 0.5) is 0 Å². The van der Waals surface area contributed by atoms with Crippen molar-refractivity contribution in [3.63, 3.8) is 0 Å². The van der Waals surface area contributed by atoms with Crippen molar-refractivity contribution >= 4 is 6.29 Å². The topological polar surface area (TPSA) is 60.9 Å². The summed E-state index contributed by atoms with van der Waals surface area (Å²) in [5.74, 6) is 1.19. The zero-order chi connectivity index (χ0) is 17.3. The quantitative estimate of drug-likeness (QED) is 0.685. The molecule has 1 aliphatic heterocycles. The van der Waals surface area contributed by atoms with Crippen LogP contribution in [0.2, 0.25) is 0 Å². The van der Waals surface area contributed by atoms with Gasteiger partial charge in [-0.2, -0.15) is 0 Å². The SMILES string of the molecule is O=Cc1ccc(OCc2ccccn2)cc1OCCN1CCOCC1. The first-order valence-corrected chi connectivity index (χ1v) is 8.40. The van der Waals surface area contributed by atoms with E-state index in [-0.39, 0.29) is 0 Å². The molecule has 3 rings (SSSR count). The number of hydrogen-bond acceptors (Lipinski definition) is 6. The largest absolute Gasteiger partial charge is 0.491 e. The fourth-order valence-corrected chi connectivity index (χ4v) is 2.58. The van der Waals surface area contributed by atoms with E-state index in [4.69, 9.17) is 14.2 Å². The van der Waals surface area contributed by atoms with Crippen molar-refractivity contribution in [2.75, 3.05) is 39.5 Å². The zero-order valence-electron chi connectivity index (χ0n) is 14.1. The van der Waals surface area contributed by atoms with Crippen LogP contribution >= 0.6 is 0 Å². The van der Waals surface area contributed by atoms with Crippen molar-refractivity contribution in [1.29, 1.82) is 0 Å². The molecule has 0 radical (unpaired) electrons. The average molecular weight is 342 g/mol. The Morgan fingerprint density at radius 1 is 1.16 bits per heavy atom. The lowest BCUT2D eigenvalue weighted by Crippen LogP contribution is -2.38. The van der Waals surface area contributed by atoms with Crippen LogP contribution in [-0.4, -0.2) is 55.6 Å². The van der Waals surface area contributed by atoms with E-state index in [9.17, 15) is 4.79 Å². The van der Waals surface area contributed by atoms with Crippen LogP contribution in [0.25, 0.3) is 0 Å². The van der Waals surface area contributed by atoms with E-state index in [1.165, 1.54) is 0 Å². The van der Waals surface area contributed by atoms with Crippen LogP contribution in [0.3, 0.4) is 0 Å². The van der Waals surface area contributed by atoms with Crippen molar-refractivity contribution in [2.45, 2.75) is 6.61 Å². The normalized spacial score (nSPS) is 14.9. The van der Waals surface area contributed by atoms with E-state index in [1.807, 2.05) is 18.2 Å². The number of carbonyl (C=O) groups excluding carboxylic acids is 1. The lowest BCUT2D eigenvalue weighted by Gasteiger charge is -2.26. The molecule has 132 valence electrons. The molecule has 0 saturated carbocycles. The Kier molecular flexibility index (Phi) is 6.36. The Morgan fingerprint density at radius 2 is 2.04 bits per heavy atom. The Labute approximate surface area is 147 Å². The average Bonchev–Trinajstić information content (AvgIpc) is 2.68. The summed E-state index contributed by atoms with van der Waals surface area (Å²) in [6.07, 6.45) is 2.53. The Hall–Kier alpha value is -2.44. The highest BCUT2D eigenvalue weighted by Crippen LogP contribution is 2.24. The molecule has 0 unspecified atom stereocenters. The van der Waals surface area contributed by atoms with E-state index < -0.39 is 0 Å². The van der Waals surface area contributed by atoms with Gasteiger partial charge in [0.2, 0.25) is 0 Å². The third-order valence-corrected chi connectivity index (χ3v) is 3.99. The highest BCUT2D eigenvalue weighted by atomic mass is 16.5. The van der Waals surface area contributed by atoms with Crippen LogP contribution in [0.15, 0.2) is 42.6 Å². The molecule has 6 heteroatoms. The van der Waals surface area contributed by atoms with Crippen molar-refractivity contribution < 1.29 is 19.0 Å². The molecule has 0 aliphatic carbocycles. The molecule has 1 fully saturated rings. The number of ether oxygens (including phenoxy) is 3. The van der Waals surface area contributed by atoms with Gasteiger partial charge in [0.05, 0.1) is 24.5 Å². The molecule has 0 bridgehead atoms. The molecule has 6 nitrogen and oxygen atoms in total. The third-order valence-electron chi connectivity index (χ3n) is 3.99. The maximum atomic E-state index is 11.2. The van der Waals surface area contributed by atoms with Gasteiger partial charge in [0.1, 0.15) is 24.7 Å². The van der Waals surface area contributed by atoms with Gasteiger partial charge in [-0.15, -0.1) is 0 Å². The fraction of sp³-hybridized carbons (Fsp3) is 0.368. The number of morpholine rings is 1. The van der Waals surface area contributed by atoms with Gasteiger partial charge in [0.25, 0.3) is 0 Å². The summed E-state index contributed by atoms with van der Waals surface area (Å²) in [6, 6.07) is 10.9. The minimum atomic E-state index is 0.370. The first kappa shape index (κ1) is 17.4. The van der Waals surface area contributed by atoms with E-state index in [0.29, 0.717) is 30.3 Å². The highest BCUT2D eigenvalue weighted by Gasteiger charge is 2.11. The summed E-state index contributed by atoms with van der Waals surface area (Å²) in [7, 11) is 0. The molecular weight excluding hydrogens is 320 g/mol. The third kappa shape index (κ3) is 5.27. The number of carbonyl (C=O) groups is 1. The molecule has 0 amide bonds. The minimum Gasteiger partial charge on any atom is -0.491 e. The first-order chi connectivity index (χ1) is 12.3. The second-order valence-electron chi connectivity index (χ2n) is 5.73. The summed E-state index contributed by atoms with van der Waals surface area (Å²) >= 11 is 0. The van der Waals surface area contributed by atoms with E-state index in [2.05, 4.69) is 9.88 Å². The van der Waals surface area contributed by atoms with Crippen LogP contribution in [-0.2, 0) is 11.3 Å².